The molecule has 0 radical (unpaired) electrons. The van der Waals surface area contributed by atoms with Gasteiger partial charge in [-0.05, 0) is 20.3 Å². The van der Waals surface area contributed by atoms with Crippen molar-refractivity contribution in [1.82, 2.24) is 15.1 Å². The van der Waals surface area contributed by atoms with E-state index in [0.29, 0.717) is 25.9 Å². The molecule has 23 heavy (non-hydrogen) atoms. The standard InChI is InChI=1S/C17H29N3O3/c1-11-9-19(16(23)17(3,4)5)10-12(2)20(11)15(22)8-13-6-7-14(21)18-13/h11-13H,6-10H2,1-5H3,(H,18,21)/t11-,12+,13-/m1/s1. The molecule has 3 amide bonds. The molecule has 2 aliphatic heterocycles. The maximum absolute atomic E-state index is 12.6. The highest BCUT2D eigenvalue weighted by Gasteiger charge is 2.38. The third-order valence-electron chi connectivity index (χ3n) is 4.64. The molecule has 6 heteroatoms. The molecule has 2 rings (SSSR count). The Morgan fingerprint density at radius 1 is 1.17 bits per heavy atom. The molecule has 2 fully saturated rings. The van der Waals surface area contributed by atoms with Gasteiger partial charge in [-0.3, -0.25) is 14.4 Å². The molecule has 0 aromatic rings. The van der Waals surface area contributed by atoms with Crippen molar-refractivity contribution < 1.29 is 14.4 Å². The van der Waals surface area contributed by atoms with Gasteiger partial charge in [0.2, 0.25) is 17.7 Å². The molecule has 0 unspecified atom stereocenters. The minimum Gasteiger partial charge on any atom is -0.353 e. The van der Waals surface area contributed by atoms with Crippen LogP contribution >= 0.6 is 0 Å². The van der Waals surface area contributed by atoms with Gasteiger partial charge in [-0.1, -0.05) is 20.8 Å². The molecular weight excluding hydrogens is 294 g/mol. The van der Waals surface area contributed by atoms with Crippen LogP contribution in [0.15, 0.2) is 0 Å². The number of carbonyl (C=O) groups excluding carboxylic acids is 3. The second-order valence-corrected chi connectivity index (χ2v) is 7.97. The van der Waals surface area contributed by atoms with Crippen molar-refractivity contribution in [3.63, 3.8) is 0 Å². The van der Waals surface area contributed by atoms with E-state index in [1.54, 1.807) is 0 Å². The Balaban J connectivity index is 1.98. The maximum Gasteiger partial charge on any atom is 0.228 e. The first-order chi connectivity index (χ1) is 10.6. The lowest BCUT2D eigenvalue weighted by Gasteiger charge is -2.46. The van der Waals surface area contributed by atoms with Crippen molar-refractivity contribution in [3.05, 3.63) is 0 Å². The van der Waals surface area contributed by atoms with Crippen molar-refractivity contribution in [2.75, 3.05) is 13.1 Å². The zero-order valence-corrected chi connectivity index (χ0v) is 14.9. The van der Waals surface area contributed by atoms with Crippen LogP contribution in [0.4, 0.5) is 0 Å². The average Bonchev–Trinajstić information content (AvgIpc) is 2.81. The number of hydrogen-bond acceptors (Lipinski definition) is 3. The second-order valence-electron chi connectivity index (χ2n) is 7.97. The lowest BCUT2D eigenvalue weighted by atomic mass is 9.93. The predicted molar refractivity (Wildman–Crippen MR) is 87.6 cm³/mol. The van der Waals surface area contributed by atoms with Crippen LogP contribution in [-0.2, 0) is 14.4 Å². The third-order valence-corrected chi connectivity index (χ3v) is 4.64. The summed E-state index contributed by atoms with van der Waals surface area (Å²) in [6.07, 6.45) is 1.60. The highest BCUT2D eigenvalue weighted by atomic mass is 16.2. The normalized spacial score (nSPS) is 28.7. The average molecular weight is 323 g/mol. The van der Waals surface area contributed by atoms with Crippen LogP contribution in [0.3, 0.4) is 0 Å². The van der Waals surface area contributed by atoms with Crippen LogP contribution in [0.1, 0.15) is 53.9 Å². The Kier molecular flexibility index (Phi) is 5.01. The number of nitrogens with one attached hydrogen (secondary N) is 1. The molecule has 6 nitrogen and oxygen atoms in total. The van der Waals surface area contributed by atoms with Gasteiger partial charge in [0.05, 0.1) is 0 Å². The van der Waals surface area contributed by atoms with Crippen molar-refractivity contribution in [2.45, 2.75) is 72.0 Å². The lowest BCUT2D eigenvalue weighted by molar-refractivity contribution is -0.150. The van der Waals surface area contributed by atoms with Crippen LogP contribution < -0.4 is 5.32 Å². The van der Waals surface area contributed by atoms with Crippen molar-refractivity contribution in [1.29, 1.82) is 0 Å². The van der Waals surface area contributed by atoms with Crippen LogP contribution in [0.25, 0.3) is 0 Å². The first kappa shape index (κ1) is 17.8. The minimum atomic E-state index is -0.403. The van der Waals surface area contributed by atoms with Crippen molar-refractivity contribution in [3.8, 4) is 0 Å². The molecule has 0 aliphatic carbocycles. The smallest absolute Gasteiger partial charge is 0.228 e. The monoisotopic (exact) mass is 323 g/mol. The van der Waals surface area contributed by atoms with Crippen LogP contribution in [0, 0.1) is 5.41 Å². The van der Waals surface area contributed by atoms with E-state index in [9.17, 15) is 14.4 Å². The Morgan fingerprint density at radius 3 is 2.17 bits per heavy atom. The van der Waals surface area contributed by atoms with Gasteiger partial charge >= 0.3 is 0 Å². The number of rotatable bonds is 2. The molecule has 130 valence electrons. The summed E-state index contributed by atoms with van der Waals surface area (Å²) in [5.41, 5.74) is -0.403. The molecule has 0 spiro atoms. The molecule has 0 aromatic heterocycles. The zero-order valence-electron chi connectivity index (χ0n) is 14.9. The van der Waals surface area contributed by atoms with E-state index in [2.05, 4.69) is 5.32 Å². The van der Waals surface area contributed by atoms with Gasteiger partial charge in [0.1, 0.15) is 0 Å². The molecule has 3 atom stereocenters. The second kappa shape index (κ2) is 6.49. The third kappa shape index (κ3) is 4.03. The van der Waals surface area contributed by atoms with Gasteiger partial charge < -0.3 is 15.1 Å². The summed E-state index contributed by atoms with van der Waals surface area (Å²) in [4.78, 5) is 40.1. The summed E-state index contributed by atoms with van der Waals surface area (Å²) in [7, 11) is 0. The Hall–Kier alpha value is -1.59. The molecule has 0 saturated carbocycles. The number of carbonyl (C=O) groups is 3. The largest absolute Gasteiger partial charge is 0.353 e. The van der Waals surface area contributed by atoms with E-state index >= 15 is 0 Å². The van der Waals surface area contributed by atoms with E-state index in [1.807, 2.05) is 44.4 Å². The van der Waals surface area contributed by atoms with E-state index < -0.39 is 5.41 Å². The number of hydrogen-bond donors (Lipinski definition) is 1. The Bertz CT molecular complexity index is 486. The summed E-state index contributed by atoms with van der Waals surface area (Å²) in [6, 6.07) is -0.0482. The molecular formula is C17H29N3O3. The zero-order chi connectivity index (χ0) is 17.4. The molecule has 2 heterocycles. The molecule has 1 N–H and O–H groups in total. The van der Waals surface area contributed by atoms with Crippen LogP contribution in [-0.4, -0.2) is 58.7 Å². The van der Waals surface area contributed by atoms with Gasteiger partial charge in [0, 0.05) is 49.5 Å². The van der Waals surface area contributed by atoms with Gasteiger partial charge in [-0.15, -0.1) is 0 Å². The summed E-state index contributed by atoms with van der Waals surface area (Å²) >= 11 is 0. The number of piperazine rings is 1. The maximum atomic E-state index is 12.6. The Labute approximate surface area is 138 Å². The fourth-order valence-electron chi connectivity index (χ4n) is 3.60. The minimum absolute atomic E-state index is 0.00495. The fraction of sp³-hybridized carbons (Fsp3) is 0.824. The lowest BCUT2D eigenvalue weighted by Crippen LogP contribution is -2.61. The van der Waals surface area contributed by atoms with Crippen molar-refractivity contribution in [2.24, 2.45) is 5.41 Å². The SMILES string of the molecule is C[C@@H]1CN(C(=O)C(C)(C)C)C[C@H](C)N1C(=O)C[C@H]1CCC(=O)N1. The fourth-order valence-corrected chi connectivity index (χ4v) is 3.60. The van der Waals surface area contributed by atoms with Gasteiger partial charge in [0.15, 0.2) is 0 Å². The highest BCUT2D eigenvalue weighted by molar-refractivity contribution is 5.84. The van der Waals surface area contributed by atoms with Gasteiger partial charge in [-0.2, -0.15) is 0 Å². The Morgan fingerprint density at radius 2 is 1.74 bits per heavy atom. The van der Waals surface area contributed by atoms with E-state index in [0.717, 1.165) is 6.42 Å². The number of nitrogens with zero attached hydrogens (tertiary/aromatic N) is 2. The molecule has 2 saturated heterocycles. The molecule has 0 aromatic carbocycles. The predicted octanol–water partition coefficient (Wildman–Crippen LogP) is 1.15. The van der Waals surface area contributed by atoms with Gasteiger partial charge in [-0.25, -0.2) is 0 Å². The van der Waals surface area contributed by atoms with Crippen molar-refractivity contribution >= 4 is 17.7 Å². The highest BCUT2D eigenvalue weighted by Crippen LogP contribution is 2.24. The van der Waals surface area contributed by atoms with E-state index in [4.69, 9.17) is 0 Å². The summed E-state index contributed by atoms with van der Waals surface area (Å²) < 4.78 is 0. The summed E-state index contributed by atoms with van der Waals surface area (Å²) in [6.45, 7) is 10.9. The first-order valence-corrected chi connectivity index (χ1v) is 8.49. The summed E-state index contributed by atoms with van der Waals surface area (Å²) in [5, 5.41) is 2.85. The molecule has 0 bridgehead atoms. The van der Waals surface area contributed by atoms with E-state index in [-0.39, 0.29) is 35.8 Å². The quantitative estimate of drug-likeness (QED) is 0.829. The topological polar surface area (TPSA) is 69.7 Å². The van der Waals surface area contributed by atoms with Crippen LogP contribution in [0.2, 0.25) is 0 Å². The van der Waals surface area contributed by atoms with Crippen LogP contribution in [0.5, 0.6) is 0 Å². The summed E-state index contributed by atoms with van der Waals surface area (Å²) in [5.74, 6) is 0.232. The van der Waals surface area contributed by atoms with Gasteiger partial charge in [0.25, 0.3) is 0 Å². The first-order valence-electron chi connectivity index (χ1n) is 8.49. The molecule has 2 aliphatic rings. The number of amides is 3. The van der Waals surface area contributed by atoms with E-state index in [1.165, 1.54) is 0 Å².